The number of pyridine rings is 1. The van der Waals surface area contributed by atoms with Crippen LogP contribution in [0.2, 0.25) is 0 Å². The highest BCUT2D eigenvalue weighted by atomic mass is 14.7. The maximum atomic E-state index is 5.67. The number of hydrogen-bond donors (Lipinski definition) is 2. The van der Waals surface area contributed by atoms with Gasteiger partial charge in [-0.15, -0.1) is 6.58 Å². The Labute approximate surface area is 65.7 Å². The van der Waals surface area contributed by atoms with E-state index in [4.69, 9.17) is 11.5 Å². The average molecular weight is 149 g/mol. The normalized spacial score (nSPS) is 12.5. The Hall–Kier alpha value is -1.35. The van der Waals surface area contributed by atoms with Gasteiger partial charge in [-0.05, 0) is 11.6 Å². The first-order chi connectivity index (χ1) is 5.25. The van der Waals surface area contributed by atoms with Crippen LogP contribution in [-0.4, -0.2) is 4.98 Å². The molecule has 4 N–H and O–H groups in total. The minimum atomic E-state index is -0.196. The molecule has 3 nitrogen and oxygen atoms in total. The Balaban J connectivity index is 3.02. The molecule has 0 amide bonds. The van der Waals surface area contributed by atoms with Gasteiger partial charge in [-0.2, -0.15) is 0 Å². The zero-order chi connectivity index (χ0) is 8.27. The number of rotatable bonds is 2. The van der Waals surface area contributed by atoms with Gasteiger partial charge < -0.3 is 11.5 Å². The highest BCUT2D eigenvalue weighted by Crippen LogP contribution is 2.16. The van der Waals surface area contributed by atoms with Gasteiger partial charge >= 0.3 is 0 Å². The smallest absolute Gasteiger partial charge is 0.0552 e. The third kappa shape index (κ3) is 1.56. The van der Waals surface area contributed by atoms with Gasteiger partial charge in [0.2, 0.25) is 0 Å². The summed E-state index contributed by atoms with van der Waals surface area (Å²) in [6.07, 6.45) is 4.89. The van der Waals surface area contributed by atoms with Crippen molar-refractivity contribution in [3.8, 4) is 0 Å². The van der Waals surface area contributed by atoms with Crippen LogP contribution in [-0.2, 0) is 0 Å². The van der Waals surface area contributed by atoms with Gasteiger partial charge in [0.25, 0.3) is 0 Å². The van der Waals surface area contributed by atoms with Gasteiger partial charge in [-0.1, -0.05) is 6.08 Å². The first kappa shape index (κ1) is 7.75. The third-order valence-corrected chi connectivity index (χ3v) is 1.50. The van der Waals surface area contributed by atoms with E-state index in [0.29, 0.717) is 5.69 Å². The van der Waals surface area contributed by atoms with Crippen molar-refractivity contribution in [3.63, 3.8) is 0 Å². The van der Waals surface area contributed by atoms with Crippen molar-refractivity contribution in [1.82, 2.24) is 4.98 Å². The lowest BCUT2D eigenvalue weighted by molar-refractivity contribution is 0.913. The van der Waals surface area contributed by atoms with Crippen molar-refractivity contribution in [1.29, 1.82) is 0 Å². The summed E-state index contributed by atoms with van der Waals surface area (Å²) in [6, 6.07) is 1.60. The summed E-state index contributed by atoms with van der Waals surface area (Å²) < 4.78 is 0. The van der Waals surface area contributed by atoms with Gasteiger partial charge in [0.15, 0.2) is 0 Å². The molecular weight excluding hydrogens is 138 g/mol. The molecule has 11 heavy (non-hydrogen) atoms. The molecule has 1 rings (SSSR count). The Kier molecular flexibility index (Phi) is 2.23. The zero-order valence-corrected chi connectivity index (χ0v) is 6.20. The van der Waals surface area contributed by atoms with Crippen LogP contribution in [0.5, 0.6) is 0 Å². The molecule has 0 spiro atoms. The Morgan fingerprint density at radius 3 is 2.91 bits per heavy atom. The van der Waals surface area contributed by atoms with Crippen molar-refractivity contribution >= 4 is 5.69 Å². The molecule has 1 unspecified atom stereocenters. The first-order valence-electron chi connectivity index (χ1n) is 3.33. The minimum absolute atomic E-state index is 0.196. The molecular formula is C8H11N3. The molecule has 0 aromatic carbocycles. The van der Waals surface area contributed by atoms with Crippen LogP contribution in [0.4, 0.5) is 5.69 Å². The lowest BCUT2D eigenvalue weighted by Gasteiger charge is -2.07. The molecule has 0 radical (unpaired) electrons. The monoisotopic (exact) mass is 149 g/mol. The van der Waals surface area contributed by atoms with Gasteiger partial charge in [0.1, 0.15) is 0 Å². The van der Waals surface area contributed by atoms with E-state index in [1.165, 1.54) is 0 Å². The van der Waals surface area contributed by atoms with E-state index < -0.39 is 0 Å². The van der Waals surface area contributed by atoms with Gasteiger partial charge in [-0.25, -0.2) is 0 Å². The van der Waals surface area contributed by atoms with E-state index in [-0.39, 0.29) is 6.04 Å². The second-order valence-corrected chi connectivity index (χ2v) is 2.27. The summed E-state index contributed by atoms with van der Waals surface area (Å²) in [7, 11) is 0. The lowest BCUT2D eigenvalue weighted by atomic mass is 10.1. The predicted molar refractivity (Wildman–Crippen MR) is 45.8 cm³/mol. The molecule has 0 aliphatic carbocycles. The fraction of sp³-hybridized carbons (Fsp3) is 0.125. The molecule has 58 valence electrons. The number of anilines is 1. The number of hydrogen-bond acceptors (Lipinski definition) is 3. The molecule has 1 heterocycles. The van der Waals surface area contributed by atoms with Crippen LogP contribution >= 0.6 is 0 Å². The topological polar surface area (TPSA) is 64.9 Å². The van der Waals surface area contributed by atoms with E-state index >= 15 is 0 Å². The maximum absolute atomic E-state index is 5.67. The Morgan fingerprint density at radius 1 is 1.64 bits per heavy atom. The highest BCUT2D eigenvalue weighted by molar-refractivity contribution is 5.46. The molecule has 0 saturated carbocycles. The van der Waals surface area contributed by atoms with Crippen LogP contribution < -0.4 is 11.5 Å². The summed E-state index contributed by atoms with van der Waals surface area (Å²) in [5.41, 5.74) is 12.8. The first-order valence-corrected chi connectivity index (χ1v) is 3.33. The molecule has 1 aromatic rings. The second kappa shape index (κ2) is 3.16. The fourth-order valence-corrected chi connectivity index (χ4v) is 0.848. The van der Waals surface area contributed by atoms with E-state index in [1.54, 1.807) is 24.5 Å². The second-order valence-electron chi connectivity index (χ2n) is 2.27. The van der Waals surface area contributed by atoms with E-state index in [9.17, 15) is 0 Å². The van der Waals surface area contributed by atoms with E-state index in [2.05, 4.69) is 11.6 Å². The Morgan fingerprint density at radius 2 is 2.36 bits per heavy atom. The van der Waals surface area contributed by atoms with Crippen LogP contribution in [0.15, 0.2) is 31.1 Å². The molecule has 0 fully saturated rings. The summed E-state index contributed by atoms with van der Waals surface area (Å²) >= 11 is 0. The van der Waals surface area contributed by atoms with E-state index in [0.717, 1.165) is 5.56 Å². The molecule has 1 atom stereocenters. The number of nitrogens with two attached hydrogens (primary N) is 2. The van der Waals surface area contributed by atoms with Crippen molar-refractivity contribution in [2.45, 2.75) is 6.04 Å². The van der Waals surface area contributed by atoms with E-state index in [1.807, 2.05) is 0 Å². The van der Waals surface area contributed by atoms with Crippen molar-refractivity contribution in [3.05, 3.63) is 36.7 Å². The molecule has 0 bridgehead atoms. The molecule has 0 aliphatic heterocycles. The van der Waals surface area contributed by atoms with Crippen LogP contribution in [0.1, 0.15) is 11.6 Å². The van der Waals surface area contributed by atoms with Gasteiger partial charge in [0, 0.05) is 12.2 Å². The average Bonchev–Trinajstić information content (AvgIpc) is 2.04. The fourth-order valence-electron chi connectivity index (χ4n) is 0.848. The number of aromatic nitrogens is 1. The molecule has 1 aromatic heterocycles. The van der Waals surface area contributed by atoms with Crippen LogP contribution in [0.3, 0.4) is 0 Å². The number of nitrogen functional groups attached to an aromatic ring is 1. The highest BCUT2D eigenvalue weighted by Gasteiger charge is 2.03. The molecule has 0 saturated heterocycles. The molecule has 3 heteroatoms. The van der Waals surface area contributed by atoms with Crippen LogP contribution in [0, 0.1) is 0 Å². The Bertz CT molecular complexity index is 257. The molecule has 0 aliphatic rings. The minimum Gasteiger partial charge on any atom is -0.397 e. The van der Waals surface area contributed by atoms with Gasteiger partial charge in [-0.3, -0.25) is 4.98 Å². The summed E-state index contributed by atoms with van der Waals surface area (Å²) in [6.45, 7) is 3.58. The lowest BCUT2D eigenvalue weighted by Crippen LogP contribution is -2.09. The predicted octanol–water partition coefficient (Wildman–Crippen LogP) is 0.850. The SMILES string of the molecule is C=CC(N)c1ccncc1N. The quantitative estimate of drug-likeness (QED) is 0.612. The maximum Gasteiger partial charge on any atom is 0.0552 e. The summed E-state index contributed by atoms with van der Waals surface area (Å²) in [5.74, 6) is 0. The van der Waals surface area contributed by atoms with Crippen molar-refractivity contribution in [2.24, 2.45) is 5.73 Å². The van der Waals surface area contributed by atoms with Crippen molar-refractivity contribution in [2.75, 3.05) is 5.73 Å². The zero-order valence-electron chi connectivity index (χ0n) is 6.20. The van der Waals surface area contributed by atoms with Crippen molar-refractivity contribution < 1.29 is 0 Å². The van der Waals surface area contributed by atoms with Gasteiger partial charge in [0.05, 0.1) is 11.9 Å². The summed E-state index contributed by atoms with van der Waals surface area (Å²) in [5, 5.41) is 0. The van der Waals surface area contributed by atoms with Crippen LogP contribution in [0.25, 0.3) is 0 Å². The largest absolute Gasteiger partial charge is 0.397 e. The number of nitrogens with zero attached hydrogens (tertiary/aromatic N) is 1. The summed E-state index contributed by atoms with van der Waals surface area (Å²) in [4.78, 5) is 3.85. The standard InChI is InChI=1S/C8H11N3/c1-2-7(9)6-3-4-11-5-8(6)10/h2-5,7H,1,9-10H2. The third-order valence-electron chi connectivity index (χ3n) is 1.50.